The number of aryl methyl sites for hydroxylation is 2. The molecule has 0 radical (unpaired) electrons. The van der Waals surface area contributed by atoms with E-state index >= 15 is 0 Å². The fourth-order valence-corrected chi connectivity index (χ4v) is 3.53. The maximum atomic E-state index is 12.4. The minimum atomic E-state index is -0.255. The number of aromatic amines is 1. The van der Waals surface area contributed by atoms with Gasteiger partial charge in [-0.25, -0.2) is 4.98 Å². The lowest BCUT2D eigenvalue weighted by Gasteiger charge is -2.09. The summed E-state index contributed by atoms with van der Waals surface area (Å²) < 4.78 is 0. The lowest BCUT2D eigenvalue weighted by molar-refractivity contribution is -0.115. The lowest BCUT2D eigenvalue weighted by Crippen LogP contribution is -2.18. The summed E-state index contributed by atoms with van der Waals surface area (Å²) in [6.45, 7) is 3.96. The lowest BCUT2D eigenvalue weighted by atomic mass is 10.1. The molecule has 0 atom stereocenters. The molecule has 27 heavy (non-hydrogen) atoms. The Morgan fingerprint density at radius 3 is 2.63 bits per heavy atom. The molecule has 1 aromatic heterocycles. The van der Waals surface area contributed by atoms with Crippen LogP contribution >= 0.6 is 11.8 Å². The first kappa shape index (κ1) is 18.9. The maximum Gasteiger partial charge on any atom is 0.251 e. The predicted octanol–water partition coefficient (Wildman–Crippen LogP) is 3.86. The Balaban J connectivity index is 1.66. The SMILES string of the molecule is Cc1ccc(NC(=O)Cc2cc(=O)[nH]c(SCc3ccccc3)n2)c(C)c1. The molecule has 0 saturated heterocycles. The second-order valence-corrected chi connectivity index (χ2v) is 7.32. The van der Waals surface area contributed by atoms with E-state index in [0.717, 1.165) is 22.4 Å². The minimum Gasteiger partial charge on any atom is -0.326 e. The van der Waals surface area contributed by atoms with E-state index in [9.17, 15) is 9.59 Å². The minimum absolute atomic E-state index is 0.0517. The van der Waals surface area contributed by atoms with Gasteiger partial charge in [0.05, 0.1) is 12.1 Å². The molecule has 0 saturated carbocycles. The molecule has 0 unspecified atom stereocenters. The fraction of sp³-hybridized carbons (Fsp3) is 0.190. The van der Waals surface area contributed by atoms with E-state index in [4.69, 9.17) is 0 Å². The molecule has 0 spiro atoms. The Morgan fingerprint density at radius 2 is 1.89 bits per heavy atom. The highest BCUT2D eigenvalue weighted by atomic mass is 32.2. The van der Waals surface area contributed by atoms with Crippen LogP contribution in [-0.2, 0) is 17.0 Å². The molecule has 0 aliphatic rings. The monoisotopic (exact) mass is 379 g/mol. The van der Waals surface area contributed by atoms with Gasteiger partial charge in [0.25, 0.3) is 5.56 Å². The van der Waals surface area contributed by atoms with Gasteiger partial charge in [0.15, 0.2) is 5.16 Å². The van der Waals surface area contributed by atoms with Crippen LogP contribution in [0.15, 0.2) is 64.5 Å². The summed E-state index contributed by atoms with van der Waals surface area (Å²) >= 11 is 1.44. The van der Waals surface area contributed by atoms with Crippen LogP contribution in [0.4, 0.5) is 5.69 Å². The van der Waals surface area contributed by atoms with E-state index in [1.807, 2.05) is 62.4 Å². The van der Waals surface area contributed by atoms with Crippen LogP contribution in [-0.4, -0.2) is 15.9 Å². The molecular weight excluding hydrogens is 358 g/mol. The van der Waals surface area contributed by atoms with Crippen molar-refractivity contribution in [1.82, 2.24) is 9.97 Å². The second kappa shape index (κ2) is 8.68. The molecule has 1 amide bonds. The number of rotatable bonds is 6. The van der Waals surface area contributed by atoms with Gasteiger partial charge in [-0.15, -0.1) is 0 Å². The van der Waals surface area contributed by atoms with E-state index in [0.29, 0.717) is 16.6 Å². The summed E-state index contributed by atoms with van der Waals surface area (Å²) in [4.78, 5) is 31.4. The van der Waals surface area contributed by atoms with Crippen molar-refractivity contribution in [3.05, 3.63) is 87.3 Å². The Hall–Kier alpha value is -2.86. The van der Waals surface area contributed by atoms with Gasteiger partial charge in [-0.2, -0.15) is 0 Å². The average molecular weight is 379 g/mol. The molecular formula is C21H21N3O2S. The summed E-state index contributed by atoms with van der Waals surface area (Å²) in [7, 11) is 0. The van der Waals surface area contributed by atoms with E-state index in [1.165, 1.54) is 17.8 Å². The van der Waals surface area contributed by atoms with Crippen molar-refractivity contribution in [3.63, 3.8) is 0 Å². The first-order valence-electron chi connectivity index (χ1n) is 8.63. The Kier molecular flexibility index (Phi) is 6.08. The highest BCUT2D eigenvalue weighted by molar-refractivity contribution is 7.98. The predicted molar refractivity (Wildman–Crippen MR) is 109 cm³/mol. The molecule has 1 heterocycles. The Bertz CT molecular complexity index is 1000. The largest absolute Gasteiger partial charge is 0.326 e. The van der Waals surface area contributed by atoms with Crippen molar-refractivity contribution >= 4 is 23.4 Å². The Morgan fingerprint density at radius 1 is 1.11 bits per heavy atom. The third-order valence-electron chi connectivity index (χ3n) is 3.99. The number of nitrogens with zero attached hydrogens (tertiary/aromatic N) is 1. The van der Waals surface area contributed by atoms with E-state index in [1.54, 1.807) is 0 Å². The number of hydrogen-bond donors (Lipinski definition) is 2. The molecule has 2 aromatic carbocycles. The van der Waals surface area contributed by atoms with E-state index in [2.05, 4.69) is 15.3 Å². The Labute approximate surface area is 162 Å². The number of H-pyrrole nitrogens is 1. The van der Waals surface area contributed by atoms with Gasteiger partial charge in [-0.3, -0.25) is 9.59 Å². The molecule has 3 aromatic rings. The molecule has 0 aliphatic carbocycles. The van der Waals surface area contributed by atoms with Crippen LogP contribution in [0.3, 0.4) is 0 Å². The highest BCUT2D eigenvalue weighted by Crippen LogP contribution is 2.19. The van der Waals surface area contributed by atoms with Crippen LogP contribution in [0, 0.1) is 13.8 Å². The van der Waals surface area contributed by atoms with Crippen molar-refractivity contribution in [1.29, 1.82) is 0 Å². The normalized spacial score (nSPS) is 10.6. The first-order valence-corrected chi connectivity index (χ1v) is 9.62. The van der Waals surface area contributed by atoms with E-state index < -0.39 is 0 Å². The number of carbonyl (C=O) groups excluding carboxylic acids is 1. The third kappa shape index (κ3) is 5.56. The summed E-state index contributed by atoms with van der Waals surface area (Å²) in [5, 5.41) is 3.40. The molecule has 0 fully saturated rings. The average Bonchev–Trinajstić information content (AvgIpc) is 2.63. The standard InChI is InChI=1S/C21H21N3O2S/c1-14-8-9-18(15(2)10-14)23-19(25)11-17-12-20(26)24-21(22-17)27-13-16-6-4-3-5-7-16/h3-10,12H,11,13H2,1-2H3,(H,23,25)(H,22,24,26). The number of amides is 1. The first-order chi connectivity index (χ1) is 13.0. The summed E-state index contributed by atoms with van der Waals surface area (Å²) in [5.41, 5.74) is 4.26. The van der Waals surface area contributed by atoms with Crippen LogP contribution in [0.1, 0.15) is 22.4 Å². The zero-order chi connectivity index (χ0) is 19.2. The van der Waals surface area contributed by atoms with Crippen molar-refractivity contribution in [2.24, 2.45) is 0 Å². The van der Waals surface area contributed by atoms with Gasteiger partial charge in [0.2, 0.25) is 5.91 Å². The van der Waals surface area contributed by atoms with Gasteiger partial charge in [0.1, 0.15) is 0 Å². The van der Waals surface area contributed by atoms with Crippen molar-refractivity contribution in [2.45, 2.75) is 31.2 Å². The quantitative estimate of drug-likeness (QED) is 0.504. The van der Waals surface area contributed by atoms with Crippen molar-refractivity contribution in [2.75, 3.05) is 5.32 Å². The third-order valence-corrected chi connectivity index (χ3v) is 4.93. The maximum absolute atomic E-state index is 12.4. The van der Waals surface area contributed by atoms with Crippen molar-refractivity contribution < 1.29 is 4.79 Å². The number of thioether (sulfide) groups is 1. The number of hydrogen-bond acceptors (Lipinski definition) is 4. The molecule has 3 rings (SSSR count). The number of aromatic nitrogens is 2. The number of carbonyl (C=O) groups is 1. The zero-order valence-corrected chi connectivity index (χ0v) is 16.1. The summed E-state index contributed by atoms with van der Waals surface area (Å²) in [5.74, 6) is 0.501. The van der Waals surface area contributed by atoms with Crippen LogP contribution in [0.25, 0.3) is 0 Å². The number of anilines is 1. The van der Waals surface area contributed by atoms with Crippen molar-refractivity contribution in [3.8, 4) is 0 Å². The molecule has 138 valence electrons. The zero-order valence-electron chi connectivity index (χ0n) is 15.3. The second-order valence-electron chi connectivity index (χ2n) is 6.36. The van der Waals surface area contributed by atoms with Gasteiger partial charge in [-0.1, -0.05) is 59.8 Å². The van der Waals surface area contributed by atoms with Gasteiger partial charge >= 0.3 is 0 Å². The molecule has 5 nitrogen and oxygen atoms in total. The smallest absolute Gasteiger partial charge is 0.251 e. The van der Waals surface area contributed by atoms with Crippen LogP contribution < -0.4 is 10.9 Å². The molecule has 2 N–H and O–H groups in total. The van der Waals surface area contributed by atoms with Gasteiger partial charge in [0, 0.05) is 17.5 Å². The number of nitrogens with one attached hydrogen (secondary N) is 2. The van der Waals surface area contributed by atoms with Gasteiger partial charge < -0.3 is 10.3 Å². The molecule has 6 heteroatoms. The summed E-state index contributed by atoms with van der Waals surface area (Å²) in [6, 6.07) is 17.2. The molecule has 0 bridgehead atoms. The van der Waals surface area contributed by atoms with Crippen LogP contribution in [0.5, 0.6) is 0 Å². The summed E-state index contributed by atoms with van der Waals surface area (Å²) in [6.07, 6.45) is 0.0517. The molecule has 0 aliphatic heterocycles. The van der Waals surface area contributed by atoms with Gasteiger partial charge in [-0.05, 0) is 31.0 Å². The fourth-order valence-electron chi connectivity index (χ4n) is 2.68. The number of benzene rings is 2. The topological polar surface area (TPSA) is 74.8 Å². The van der Waals surface area contributed by atoms with E-state index in [-0.39, 0.29) is 17.9 Å². The highest BCUT2D eigenvalue weighted by Gasteiger charge is 2.10. The van der Waals surface area contributed by atoms with Crippen LogP contribution in [0.2, 0.25) is 0 Å².